The second-order valence-corrected chi connectivity index (χ2v) is 26.9. The van der Waals surface area contributed by atoms with E-state index in [-0.39, 0.29) is 0 Å². The number of hydrogen-bond donors (Lipinski definition) is 8. The van der Waals surface area contributed by atoms with Gasteiger partial charge in [-0.15, -0.1) is 0 Å². The van der Waals surface area contributed by atoms with Gasteiger partial charge in [0.05, 0.1) is 19.3 Å². The van der Waals surface area contributed by atoms with Crippen molar-refractivity contribution >= 4 is 15.6 Å². The maximum Gasteiger partial charge on any atom is 0.483 e. The molecule has 12 atom stereocenters. The molecule has 2 heterocycles. The van der Waals surface area contributed by atoms with E-state index in [0.717, 1.165) is 122 Å². The van der Waals surface area contributed by atoms with Crippen LogP contribution in [0.4, 0.5) is 0 Å². The lowest BCUT2D eigenvalue weighted by Crippen LogP contribution is -2.64. The number of rotatable bonds is 40. The summed E-state index contributed by atoms with van der Waals surface area (Å²) < 4.78 is 55.8. The van der Waals surface area contributed by atoms with Crippen molar-refractivity contribution in [2.24, 2.45) is 0 Å². The number of ether oxygens (including phenoxy) is 3. The van der Waals surface area contributed by atoms with Crippen molar-refractivity contribution in [3.8, 4) is 0 Å². The van der Waals surface area contributed by atoms with Gasteiger partial charge in [0.15, 0.2) is 12.6 Å². The van der Waals surface area contributed by atoms with Gasteiger partial charge in [0.1, 0.15) is 42.7 Å². The SMILES string of the molecule is C/C=C(/C)CC/C=C(/C)CC/C=C(/C)CC/C=C(/C)CC/C=C(/C)CC/C=C(/C)CC/C=C(/C)CC/C=C(/C)CC/C=C(\C)CC/C=C(\C)CC/C=C(\C)COP(=O)(O)OP(=O)(O)O[C@H]1O[C@H](CO)[C@@H](O)[C@H](O[C@@H]2O[C@@H](C)[C@@H](O)[C@@H](O)[C@@H]2O)[C@H]1O. The number of phosphoric acid groups is 2. The van der Waals surface area contributed by atoms with Crippen LogP contribution in [0.15, 0.2) is 128 Å². The molecule has 0 aromatic heterocycles. The van der Waals surface area contributed by atoms with Gasteiger partial charge in [0, 0.05) is 0 Å². The van der Waals surface area contributed by atoms with E-state index in [4.69, 9.17) is 23.3 Å². The van der Waals surface area contributed by atoms with Crippen molar-refractivity contribution in [2.45, 2.75) is 280 Å². The number of aliphatic hydroxyl groups is 6. The largest absolute Gasteiger partial charge is 0.483 e. The summed E-state index contributed by atoms with van der Waals surface area (Å²) in [6.07, 6.45) is 29.0. The molecule has 0 amide bonds. The van der Waals surface area contributed by atoms with Crippen LogP contribution in [0.25, 0.3) is 0 Å². The highest BCUT2D eigenvalue weighted by Crippen LogP contribution is 2.61. The molecule has 0 aromatic carbocycles. The van der Waals surface area contributed by atoms with Gasteiger partial charge in [0.25, 0.3) is 0 Å². The van der Waals surface area contributed by atoms with Crippen molar-refractivity contribution in [3.63, 3.8) is 0 Å². The summed E-state index contributed by atoms with van der Waals surface area (Å²) in [4.78, 5) is 20.6. The lowest BCUT2D eigenvalue weighted by atomic mass is 9.97. The predicted molar refractivity (Wildman–Crippen MR) is 342 cm³/mol. The minimum atomic E-state index is -5.57. The van der Waals surface area contributed by atoms with Gasteiger partial charge in [-0.05, 0) is 218 Å². The third-order valence-electron chi connectivity index (χ3n) is 15.6. The van der Waals surface area contributed by atoms with Crippen molar-refractivity contribution in [2.75, 3.05) is 13.2 Å². The van der Waals surface area contributed by atoms with Gasteiger partial charge in [-0.25, -0.2) is 9.13 Å². The van der Waals surface area contributed by atoms with Crippen molar-refractivity contribution in [3.05, 3.63) is 128 Å². The molecule has 0 saturated carbocycles. The highest BCUT2D eigenvalue weighted by Gasteiger charge is 2.52. The van der Waals surface area contributed by atoms with Gasteiger partial charge in [-0.2, -0.15) is 4.31 Å². The Morgan fingerprint density at radius 2 is 0.729 bits per heavy atom. The van der Waals surface area contributed by atoms with Crippen LogP contribution in [0.1, 0.15) is 218 Å². The standard InChI is InChI=1S/C67H112O16P2/c1-14-47(2)25-15-26-48(3)27-16-28-49(4)29-17-30-50(5)31-18-32-51(6)33-19-34-52(7)35-20-36-53(8)37-21-38-54(9)39-22-40-55(10)41-23-42-56(11)43-24-44-57(12)46-78-84(74,75)83-85(76,77)82-67-64(73)65(61(70)59(45-68)80-67)81-66-63(72)62(71)60(69)58(13)79-66/h14,26,28,30,32,34,36,38,40,42,44,58-73H,15-25,27,29,31,33,35,37,39,41,43,45-46H2,1-13H3,(H,74,75)(H,76,77)/b47-14-,48-26-,49-28-,50-30-,51-32-,52-34-,53-36-,54-38-,55-40+,56-42+,57-44+/t58-,59+,60+,61+,62+,63-,64+,65-,66-,67+/m0/s1. The Balaban J connectivity index is 1.64. The molecule has 0 aromatic rings. The fraction of sp³-hybridized carbons (Fsp3) is 0.672. The minimum Gasteiger partial charge on any atom is -0.394 e. The zero-order valence-corrected chi connectivity index (χ0v) is 55.7. The average molecular weight is 1240 g/mol. The summed E-state index contributed by atoms with van der Waals surface area (Å²) in [7, 11) is -10.8. The number of phosphoric ester groups is 2. The summed E-state index contributed by atoms with van der Waals surface area (Å²) >= 11 is 0. The number of allylic oxidation sites excluding steroid dienone is 21. The summed E-state index contributed by atoms with van der Waals surface area (Å²) in [5, 5.41) is 61.8. The highest BCUT2D eigenvalue weighted by atomic mass is 31.3. The molecule has 8 N–H and O–H groups in total. The van der Waals surface area contributed by atoms with Crippen LogP contribution < -0.4 is 0 Å². The van der Waals surface area contributed by atoms with Crippen LogP contribution in [0, 0.1) is 0 Å². The molecule has 2 aliphatic rings. The smallest absolute Gasteiger partial charge is 0.394 e. The average Bonchev–Trinajstić information content (AvgIpc) is 2.45. The van der Waals surface area contributed by atoms with E-state index in [2.05, 4.69) is 134 Å². The molecule has 85 heavy (non-hydrogen) atoms. The van der Waals surface area contributed by atoms with E-state index >= 15 is 0 Å². The van der Waals surface area contributed by atoms with Gasteiger partial charge >= 0.3 is 15.6 Å². The molecule has 0 radical (unpaired) electrons. The topological polar surface area (TPSA) is 251 Å². The molecule has 0 aliphatic carbocycles. The summed E-state index contributed by atoms with van der Waals surface area (Å²) in [5.74, 6) is 0. The van der Waals surface area contributed by atoms with Gasteiger partial charge in [-0.1, -0.05) is 128 Å². The maximum absolute atomic E-state index is 12.9. The van der Waals surface area contributed by atoms with E-state index in [1.54, 1.807) is 6.92 Å². The van der Waals surface area contributed by atoms with Crippen LogP contribution in [0.5, 0.6) is 0 Å². The second kappa shape index (κ2) is 42.1. The van der Waals surface area contributed by atoms with Crippen LogP contribution in [0.2, 0.25) is 0 Å². The predicted octanol–water partition coefficient (Wildman–Crippen LogP) is 15.1. The maximum atomic E-state index is 12.9. The Morgan fingerprint density at radius 1 is 0.412 bits per heavy atom. The summed E-state index contributed by atoms with van der Waals surface area (Å²) in [5.41, 5.74) is 14.9. The van der Waals surface area contributed by atoms with Crippen molar-refractivity contribution < 1.29 is 77.1 Å². The van der Waals surface area contributed by atoms with Crippen LogP contribution in [-0.2, 0) is 36.7 Å². The van der Waals surface area contributed by atoms with Crippen molar-refractivity contribution in [1.82, 2.24) is 0 Å². The van der Waals surface area contributed by atoms with Crippen LogP contribution in [-0.4, -0.2) is 115 Å². The third-order valence-corrected chi connectivity index (χ3v) is 18.2. The first-order chi connectivity index (χ1) is 40.1. The Kier molecular flexibility index (Phi) is 38.7. The van der Waals surface area contributed by atoms with Crippen LogP contribution in [0.3, 0.4) is 0 Å². The molecular formula is C67H112O16P2. The van der Waals surface area contributed by atoms with E-state index < -0.39 is 90.3 Å². The molecule has 486 valence electrons. The Bertz CT molecular complexity index is 2440. The first-order valence-electron chi connectivity index (χ1n) is 30.9. The zero-order chi connectivity index (χ0) is 63.7. The van der Waals surface area contributed by atoms with Crippen molar-refractivity contribution in [1.29, 1.82) is 0 Å². The molecule has 18 heteroatoms. The van der Waals surface area contributed by atoms with Gasteiger partial charge in [0.2, 0.25) is 0 Å². The van der Waals surface area contributed by atoms with E-state index in [1.807, 2.05) is 13.0 Å². The summed E-state index contributed by atoms with van der Waals surface area (Å²) in [6, 6.07) is 0. The molecule has 2 saturated heterocycles. The lowest BCUT2D eigenvalue weighted by Gasteiger charge is -2.45. The third kappa shape index (κ3) is 34.0. The normalized spacial score (nSPS) is 26.7. The van der Waals surface area contributed by atoms with E-state index in [1.165, 1.54) is 62.7 Å². The molecule has 2 unspecified atom stereocenters. The minimum absolute atomic E-state index is 0.432. The Labute approximate surface area is 511 Å². The monoisotopic (exact) mass is 1230 g/mol. The quantitative estimate of drug-likeness (QED) is 0.0210. The summed E-state index contributed by atoms with van der Waals surface area (Å²) in [6.45, 7) is 26.0. The second-order valence-electron chi connectivity index (χ2n) is 23.9. The molecule has 2 aliphatic heterocycles. The highest BCUT2D eigenvalue weighted by molar-refractivity contribution is 7.61. The van der Waals surface area contributed by atoms with Gasteiger partial charge < -0.3 is 54.6 Å². The zero-order valence-electron chi connectivity index (χ0n) is 53.9. The lowest BCUT2D eigenvalue weighted by molar-refractivity contribution is -0.350. The molecule has 2 fully saturated rings. The Hall–Kier alpha value is -2.96. The van der Waals surface area contributed by atoms with Gasteiger partial charge in [-0.3, -0.25) is 9.05 Å². The van der Waals surface area contributed by atoms with Crippen LogP contribution >= 0.6 is 15.6 Å². The fourth-order valence-electron chi connectivity index (χ4n) is 9.65. The fourth-order valence-corrected chi connectivity index (χ4v) is 11.8. The molecule has 2 rings (SSSR count). The molecule has 0 spiro atoms. The number of aliphatic hydroxyl groups excluding tert-OH is 6. The number of hydrogen-bond acceptors (Lipinski definition) is 14. The van der Waals surface area contributed by atoms with E-state index in [0.29, 0.717) is 12.0 Å². The molecular weight excluding hydrogens is 1120 g/mol. The molecule has 16 nitrogen and oxygen atoms in total. The Morgan fingerprint density at radius 3 is 1.05 bits per heavy atom. The first-order valence-corrected chi connectivity index (χ1v) is 33.9. The van der Waals surface area contributed by atoms with E-state index in [9.17, 15) is 49.6 Å². The first kappa shape index (κ1) is 78.1. The molecule has 0 bridgehead atoms.